The van der Waals surface area contributed by atoms with Crippen LogP contribution in [0.4, 0.5) is 11.4 Å². The summed E-state index contributed by atoms with van der Waals surface area (Å²) in [5.74, 6) is 6.28. The van der Waals surface area contributed by atoms with Crippen molar-refractivity contribution in [2.45, 2.75) is 221 Å². The molecule has 0 saturated heterocycles. The molecule has 2 aliphatic carbocycles. The second-order valence-electron chi connectivity index (χ2n) is 35.1. The van der Waals surface area contributed by atoms with E-state index in [0.717, 1.165) is 134 Å². The van der Waals surface area contributed by atoms with Crippen LogP contribution in [0, 0.1) is 55.4 Å². The van der Waals surface area contributed by atoms with Crippen LogP contribution in [0.2, 0.25) is 0 Å². The number of fused-ring (bicyclic) bond motifs is 10. The highest BCUT2D eigenvalue weighted by Gasteiger charge is 2.34. The minimum absolute atomic E-state index is 0.148. The van der Waals surface area contributed by atoms with E-state index in [0.29, 0.717) is 18.2 Å². The fourth-order valence-corrected chi connectivity index (χ4v) is 21.9. The number of allylic oxidation sites excluding steroid dienone is 4. The van der Waals surface area contributed by atoms with E-state index >= 15 is 0 Å². The van der Waals surface area contributed by atoms with Crippen LogP contribution in [0.15, 0.2) is 370 Å². The third kappa shape index (κ3) is 32.7. The smallest absolute Gasteiger partial charge is 0.171 e. The molecular weight excluding hydrogens is 1810 g/mol. The molecule has 0 spiro atoms. The van der Waals surface area contributed by atoms with Gasteiger partial charge in [0.25, 0.3) is 0 Å². The Morgan fingerprint density at radius 2 is 0.660 bits per heavy atom. The van der Waals surface area contributed by atoms with Crippen LogP contribution >= 0.6 is 14.3 Å². The molecule has 18 heteroatoms. The van der Waals surface area contributed by atoms with Crippen molar-refractivity contribution in [2.24, 2.45) is 0 Å². The van der Waals surface area contributed by atoms with Gasteiger partial charge in [0.2, 0.25) is 0 Å². The van der Waals surface area contributed by atoms with E-state index in [2.05, 4.69) is 319 Å². The van der Waals surface area contributed by atoms with Crippen molar-refractivity contribution in [1.29, 1.82) is 0 Å². The molecule has 750 valence electrons. The molecule has 2 aliphatic heterocycles. The van der Waals surface area contributed by atoms with Gasteiger partial charge in [-0.1, -0.05) is 381 Å². The number of aromatic amines is 1. The predicted octanol–water partition coefficient (Wildman–Crippen LogP) is 29.5. The summed E-state index contributed by atoms with van der Waals surface area (Å²) in [5.41, 5.74) is 15.4. The van der Waals surface area contributed by atoms with Crippen molar-refractivity contribution in [2.75, 3.05) is 29.6 Å². The van der Waals surface area contributed by atoms with E-state index in [4.69, 9.17) is 9.47 Å². The molecule has 6 aromatic heterocycles. The number of H-pyrrole nitrogens is 1. The molecule has 0 saturated carbocycles. The lowest BCUT2D eigenvalue weighted by Crippen LogP contribution is -2.48. The highest BCUT2D eigenvalue weighted by molar-refractivity contribution is 7.85. The number of nitrogens with zero attached hydrogens (tertiary/aromatic N) is 11. The fourth-order valence-electron chi connectivity index (χ4n) is 16.9. The molecule has 0 amide bonds. The van der Waals surface area contributed by atoms with E-state index < -0.39 is 14.3 Å². The Kier molecular flexibility index (Phi) is 47.1. The Labute approximate surface area is 859 Å². The summed E-state index contributed by atoms with van der Waals surface area (Å²) < 4.78 is 41.1. The zero-order chi connectivity index (χ0) is 104. The number of nitrogens with one attached hydrogen (secondary N) is 1. The number of pyridine rings is 1. The lowest BCUT2D eigenvalue weighted by molar-refractivity contribution is 0.212. The minimum Gasteiger partial charge on any atom is -0.482 e. The Morgan fingerprint density at radius 1 is 0.312 bits per heavy atom. The second kappa shape index (κ2) is 59.8. The molecule has 0 radical (unpaired) electrons. The molecule has 0 fully saturated rings. The monoisotopic (exact) mass is 1960 g/mol. The van der Waals surface area contributed by atoms with Gasteiger partial charge in [-0.15, -0.1) is 0 Å². The first-order valence-corrected chi connectivity index (χ1v) is 54.8. The van der Waals surface area contributed by atoms with Crippen molar-refractivity contribution >= 4 is 95.8 Å². The summed E-state index contributed by atoms with van der Waals surface area (Å²) in [4.78, 5) is 41.6. The molecule has 21 rings (SSSR count). The van der Waals surface area contributed by atoms with Gasteiger partial charge in [-0.05, 0) is 173 Å². The van der Waals surface area contributed by atoms with Gasteiger partial charge in [-0.3, -0.25) is 4.98 Å². The van der Waals surface area contributed by atoms with Crippen LogP contribution in [-0.4, -0.2) is 93.5 Å². The topological polar surface area (TPSA) is 183 Å². The average Bonchev–Trinajstić information content (AvgIpc) is 1.58. The number of para-hydroxylation sites is 8. The van der Waals surface area contributed by atoms with Crippen LogP contribution in [-0.2, 0) is 41.4 Å². The highest BCUT2D eigenvalue weighted by atomic mass is 31.2. The largest absolute Gasteiger partial charge is 0.482 e. The number of aryl methyl sites for hydroxylation is 13. The molecule has 144 heavy (non-hydrogen) atoms. The summed E-state index contributed by atoms with van der Waals surface area (Å²) in [6, 6.07) is 108. The van der Waals surface area contributed by atoms with Crippen molar-refractivity contribution < 1.29 is 18.6 Å². The van der Waals surface area contributed by atoms with Gasteiger partial charge < -0.3 is 38.0 Å². The zero-order valence-electron chi connectivity index (χ0n) is 89.0. The third-order valence-corrected chi connectivity index (χ3v) is 29.5. The van der Waals surface area contributed by atoms with Gasteiger partial charge >= 0.3 is 0 Å². The molecule has 11 aromatic carbocycles. The molecule has 8 heterocycles. The number of rotatable bonds is 12. The number of anilines is 2. The fraction of sp³-hybridized carbons (Fsp3) is 0.286. The van der Waals surface area contributed by atoms with Gasteiger partial charge in [-0.2, -0.15) is 0 Å². The van der Waals surface area contributed by atoms with Gasteiger partial charge in [0.15, 0.2) is 7.14 Å². The maximum absolute atomic E-state index is 13.8. The lowest BCUT2D eigenvalue weighted by Gasteiger charge is -2.41. The molecule has 17 aromatic rings. The van der Waals surface area contributed by atoms with Gasteiger partial charge in [-0.25, -0.2) is 34.9 Å². The summed E-state index contributed by atoms with van der Waals surface area (Å²) in [6.45, 7) is 45.3. The van der Waals surface area contributed by atoms with Crippen molar-refractivity contribution in [1.82, 2.24) is 49.4 Å². The number of ether oxygens (including phenoxy) is 2. The Bertz CT molecular complexity index is 6410. The van der Waals surface area contributed by atoms with E-state index in [1.54, 1.807) is 0 Å². The number of aromatic nitrogens is 10. The normalized spacial score (nSPS) is 13.8. The van der Waals surface area contributed by atoms with Crippen LogP contribution in [0.1, 0.15) is 178 Å². The van der Waals surface area contributed by atoms with Gasteiger partial charge in [0, 0.05) is 143 Å². The Morgan fingerprint density at radius 3 is 1.08 bits per heavy atom. The van der Waals surface area contributed by atoms with E-state index in [9.17, 15) is 9.13 Å². The summed E-state index contributed by atoms with van der Waals surface area (Å²) in [5, 5.41) is 9.83. The van der Waals surface area contributed by atoms with E-state index in [-0.39, 0.29) is 12.2 Å². The SMILES string of the molecule is CCC.CCC.CCC.CCN1c2ccccc2OC2C=CC=CC21.CCP(=O)(c1ccccc1)c1ccccc1.CCc1cc(C)cc(C)n1.CCc1cc(C)nc(C)n1.CCc1nc(C)cc(C)n1.CCc1nc(C)nc(C)n1.CCn1c2ccccc2c2ccccc21.CN1c2ccccc2OC2C=CC=CC21.O=P(c1ccccc1)(c1ccccc1)c1ccccc1.c1ccc2c(c1)[nH]c1ccccc12. The van der Waals surface area contributed by atoms with Crippen molar-refractivity contribution in [3.63, 3.8) is 0 Å². The first-order chi connectivity index (χ1) is 69.8. The number of hydrogen-bond donors (Lipinski definition) is 1. The molecule has 1 N–H and O–H groups in total. The quantitative estimate of drug-likeness (QED) is 0.114. The number of hydrogen-bond acceptors (Lipinski definition) is 14. The molecule has 16 nitrogen and oxygen atoms in total. The molecule has 4 unspecified atom stereocenters. The third-order valence-electron chi connectivity index (χ3n) is 23.2. The number of likely N-dealkylation sites (N-methyl/N-ethyl adjacent to an activating group) is 2. The summed E-state index contributed by atoms with van der Waals surface area (Å²) in [6.07, 6.45) is 25.4. The molecule has 4 atom stereocenters. The second-order valence-corrected chi connectivity index (χ2v) is 41.0. The van der Waals surface area contributed by atoms with Crippen LogP contribution in [0.5, 0.6) is 11.5 Å². The highest BCUT2D eigenvalue weighted by Crippen LogP contribution is 2.44. The maximum atomic E-state index is 13.8. The average molecular weight is 1960 g/mol. The van der Waals surface area contributed by atoms with Crippen LogP contribution < -0.4 is 45.8 Å². The first kappa shape index (κ1) is 114. The van der Waals surface area contributed by atoms with Crippen molar-refractivity contribution in [3.05, 3.63) is 439 Å². The summed E-state index contributed by atoms with van der Waals surface area (Å²) in [7, 11) is -3.07. The molecular formula is C126H152N12O4P2. The first-order valence-electron chi connectivity index (χ1n) is 51.2. The zero-order valence-corrected chi connectivity index (χ0v) is 90.8. The van der Waals surface area contributed by atoms with E-state index in [1.165, 1.54) is 85.5 Å². The standard InChI is InChI=1S/C18H15OP.C14H15NO.C14H13N.C14H15OP.C13H13NO.C12H9N.C9H13N.2C8H12N2.C7H11N3.3C3H8/c19-20(16-10-4-1-5-11-16,17-12-6-2-7-13-17)18-14-8-3-9-15-18;1-2-15-11-7-3-5-9-13(11)16-14-10-6-4-8-12(14)15;1-2-15-13-9-5-3-7-11(13)12-8-4-6-10-14(12)15;1-2-16(15,13-9-5-3-6-10-13)14-11-7-4-8-12-14;1-14-10-6-2-4-8-12(10)15-13-9-5-3-7-11(13)14;1-3-7-11-9(5-1)10-6-2-4-8-12(10)13-11;1-4-9-6-7(2)5-8(3)10-9;1-4-8-5-6(2)9-7(3)10-8;1-4-8-9-6(2)5-7(3)10-8;1-4-7-9-5(2)8-6(3)10-7;3*1-3-2/h1-15H;3-11,13H,2H2,1H3;3-10H,2H2,1H3;3-12H,2H2,1H3;2-10,12H,1H3;1-8,13H;5-6H,4H2,1-3H3;2*5H,4H2,1-3H3;4H2,1-3H3;3*3H2,1-2H3. The molecule has 0 bridgehead atoms. The predicted molar refractivity (Wildman–Crippen MR) is 616 cm³/mol. The van der Waals surface area contributed by atoms with Crippen LogP contribution in [0.3, 0.4) is 0 Å². The van der Waals surface area contributed by atoms with Crippen molar-refractivity contribution in [3.8, 4) is 11.5 Å². The Balaban J connectivity index is 0.000000178. The van der Waals surface area contributed by atoms with E-state index in [1.807, 2.05) is 263 Å². The maximum Gasteiger partial charge on any atom is 0.171 e. The Hall–Kier alpha value is -14.0. The number of benzene rings is 11. The summed E-state index contributed by atoms with van der Waals surface area (Å²) >= 11 is 0. The van der Waals surface area contributed by atoms with Crippen LogP contribution in [0.25, 0.3) is 43.6 Å². The minimum atomic E-state index is -2.78. The van der Waals surface area contributed by atoms with Gasteiger partial charge in [0.05, 0.1) is 23.5 Å². The lowest BCUT2D eigenvalue weighted by atomic mass is 10.0. The molecule has 4 aliphatic rings. The van der Waals surface area contributed by atoms with Gasteiger partial charge in [0.1, 0.15) is 60.0 Å².